The van der Waals surface area contributed by atoms with Crippen molar-refractivity contribution in [3.8, 4) is 0 Å². The Morgan fingerprint density at radius 3 is 2.87 bits per heavy atom. The zero-order chi connectivity index (χ0) is 10.5. The van der Waals surface area contributed by atoms with Crippen LogP contribution in [0, 0.1) is 0 Å². The van der Waals surface area contributed by atoms with E-state index in [2.05, 4.69) is 0 Å². The van der Waals surface area contributed by atoms with E-state index in [-0.39, 0.29) is 12.4 Å². The third kappa shape index (κ3) is 2.78. The minimum Gasteiger partial charge on any atom is -0.379 e. The molecule has 82 valence electrons. The lowest BCUT2D eigenvalue weighted by molar-refractivity contribution is -0.0730. The van der Waals surface area contributed by atoms with Gasteiger partial charge >= 0.3 is 0 Å². The smallest absolute Gasteiger partial charge is 0.184 e. The van der Waals surface area contributed by atoms with Crippen LogP contribution in [0.3, 0.4) is 0 Å². The summed E-state index contributed by atoms with van der Waals surface area (Å²) in [4.78, 5) is 0. The van der Waals surface area contributed by atoms with Crippen LogP contribution >= 0.6 is 0 Å². The maximum Gasteiger partial charge on any atom is 0.184 e. The predicted molar refractivity (Wildman–Crippen MR) is 56.5 cm³/mol. The Balaban J connectivity index is 1.87. The molecule has 2 atom stereocenters. The average Bonchev–Trinajstić information content (AvgIpc) is 2.76. The number of ether oxygens (including phenoxy) is 3. The molecule has 1 aromatic carbocycles. The molecule has 0 bridgehead atoms. The molecule has 0 aliphatic carbocycles. The summed E-state index contributed by atoms with van der Waals surface area (Å²) in [5.41, 5.74) is 1.07. The molecule has 0 aromatic heterocycles. The van der Waals surface area contributed by atoms with Gasteiger partial charge in [0.1, 0.15) is 6.10 Å². The second-order valence-electron chi connectivity index (χ2n) is 3.49. The summed E-state index contributed by atoms with van der Waals surface area (Å²) in [5.74, 6) is 0. The van der Waals surface area contributed by atoms with Crippen LogP contribution in [0.2, 0.25) is 0 Å². The van der Waals surface area contributed by atoms with Crippen LogP contribution in [0.1, 0.15) is 18.8 Å². The fourth-order valence-electron chi connectivity index (χ4n) is 1.57. The van der Waals surface area contributed by atoms with E-state index in [9.17, 15) is 0 Å². The molecular weight excluding hydrogens is 192 g/mol. The number of hydrogen-bond acceptors (Lipinski definition) is 3. The second kappa shape index (κ2) is 5.26. The van der Waals surface area contributed by atoms with Gasteiger partial charge in [-0.1, -0.05) is 30.3 Å². The first-order valence-electron chi connectivity index (χ1n) is 5.30. The molecule has 0 N–H and O–H groups in total. The van der Waals surface area contributed by atoms with E-state index in [1.165, 1.54) is 0 Å². The molecule has 0 radical (unpaired) electrons. The summed E-state index contributed by atoms with van der Waals surface area (Å²) in [6.07, 6.45) is -0.160. The molecule has 1 fully saturated rings. The third-order valence-electron chi connectivity index (χ3n) is 2.33. The van der Waals surface area contributed by atoms with Crippen molar-refractivity contribution in [1.29, 1.82) is 0 Å². The van der Waals surface area contributed by atoms with Gasteiger partial charge in [-0.3, -0.25) is 0 Å². The Hall–Kier alpha value is -0.900. The summed E-state index contributed by atoms with van der Waals surface area (Å²) >= 11 is 0. The maximum atomic E-state index is 5.70. The molecule has 0 spiro atoms. The van der Waals surface area contributed by atoms with E-state index >= 15 is 0 Å². The molecule has 2 rings (SSSR count). The molecule has 3 heteroatoms. The van der Waals surface area contributed by atoms with Crippen molar-refractivity contribution in [3.05, 3.63) is 35.9 Å². The zero-order valence-electron chi connectivity index (χ0n) is 8.89. The Bertz CT molecular complexity index is 286. The minimum atomic E-state index is -0.225. The highest BCUT2D eigenvalue weighted by molar-refractivity contribution is 5.16. The van der Waals surface area contributed by atoms with Gasteiger partial charge in [-0.05, 0) is 6.92 Å². The molecule has 0 saturated carbocycles. The van der Waals surface area contributed by atoms with Gasteiger partial charge in [-0.2, -0.15) is 0 Å². The van der Waals surface area contributed by atoms with Crippen LogP contribution in [0.4, 0.5) is 0 Å². The zero-order valence-corrected chi connectivity index (χ0v) is 8.89. The van der Waals surface area contributed by atoms with E-state index < -0.39 is 0 Å². The van der Waals surface area contributed by atoms with Crippen LogP contribution in [0.15, 0.2) is 30.3 Å². The summed E-state index contributed by atoms with van der Waals surface area (Å²) in [7, 11) is 0. The molecule has 1 saturated heterocycles. The van der Waals surface area contributed by atoms with Crippen molar-refractivity contribution in [3.63, 3.8) is 0 Å². The molecule has 1 heterocycles. The van der Waals surface area contributed by atoms with E-state index in [0.29, 0.717) is 13.2 Å². The highest BCUT2D eigenvalue weighted by Crippen LogP contribution is 2.26. The third-order valence-corrected chi connectivity index (χ3v) is 2.33. The van der Waals surface area contributed by atoms with Gasteiger partial charge in [0.05, 0.1) is 13.2 Å². The van der Waals surface area contributed by atoms with Crippen molar-refractivity contribution in [2.45, 2.75) is 19.3 Å². The van der Waals surface area contributed by atoms with Crippen LogP contribution in [0.25, 0.3) is 0 Å². The van der Waals surface area contributed by atoms with Gasteiger partial charge in [0, 0.05) is 12.2 Å². The Kier molecular flexibility index (Phi) is 3.72. The monoisotopic (exact) mass is 208 g/mol. The average molecular weight is 208 g/mol. The van der Waals surface area contributed by atoms with Crippen molar-refractivity contribution in [1.82, 2.24) is 0 Å². The molecule has 0 unspecified atom stereocenters. The van der Waals surface area contributed by atoms with Gasteiger partial charge < -0.3 is 14.2 Å². The van der Waals surface area contributed by atoms with Gasteiger partial charge in [-0.25, -0.2) is 0 Å². The number of benzene rings is 1. The first-order chi connectivity index (χ1) is 7.40. The molecule has 1 aliphatic heterocycles. The van der Waals surface area contributed by atoms with Gasteiger partial charge in [-0.15, -0.1) is 0 Å². The van der Waals surface area contributed by atoms with Crippen LogP contribution in [-0.2, 0) is 14.2 Å². The largest absolute Gasteiger partial charge is 0.379 e. The SMILES string of the molecule is CCOC[C@H]1CO[C@H](c2ccccc2)O1. The molecule has 1 aliphatic rings. The molecular formula is C12H16O3. The van der Waals surface area contributed by atoms with E-state index in [0.717, 1.165) is 12.2 Å². The molecule has 1 aromatic rings. The maximum absolute atomic E-state index is 5.70. The van der Waals surface area contributed by atoms with Gasteiger partial charge in [0.2, 0.25) is 0 Å². The second-order valence-corrected chi connectivity index (χ2v) is 3.49. The normalized spacial score (nSPS) is 25.7. The first kappa shape index (κ1) is 10.6. The highest BCUT2D eigenvalue weighted by Gasteiger charge is 2.26. The van der Waals surface area contributed by atoms with Crippen LogP contribution in [-0.4, -0.2) is 25.9 Å². The number of hydrogen-bond donors (Lipinski definition) is 0. The van der Waals surface area contributed by atoms with Gasteiger partial charge in [0.15, 0.2) is 6.29 Å². The first-order valence-corrected chi connectivity index (χ1v) is 5.30. The van der Waals surface area contributed by atoms with Crippen LogP contribution < -0.4 is 0 Å². The Morgan fingerprint density at radius 2 is 2.13 bits per heavy atom. The molecule has 3 nitrogen and oxygen atoms in total. The lowest BCUT2D eigenvalue weighted by Gasteiger charge is -2.11. The highest BCUT2D eigenvalue weighted by atomic mass is 16.7. The topological polar surface area (TPSA) is 27.7 Å². The summed E-state index contributed by atoms with van der Waals surface area (Å²) in [6.45, 7) is 3.92. The quantitative estimate of drug-likeness (QED) is 0.758. The minimum absolute atomic E-state index is 0.0650. The van der Waals surface area contributed by atoms with E-state index in [1.807, 2.05) is 37.3 Å². The molecule has 0 amide bonds. The Labute approximate surface area is 90.0 Å². The lowest BCUT2D eigenvalue weighted by atomic mass is 10.2. The van der Waals surface area contributed by atoms with Crippen molar-refractivity contribution >= 4 is 0 Å². The fraction of sp³-hybridized carbons (Fsp3) is 0.500. The fourth-order valence-corrected chi connectivity index (χ4v) is 1.57. The standard InChI is InChI=1S/C12H16O3/c1-2-13-8-11-9-14-12(15-11)10-6-4-3-5-7-10/h3-7,11-12H,2,8-9H2,1H3/t11-,12-/m0/s1. The lowest BCUT2D eigenvalue weighted by Crippen LogP contribution is -2.17. The molecule has 15 heavy (non-hydrogen) atoms. The summed E-state index contributed by atoms with van der Waals surface area (Å²) < 4.78 is 16.5. The van der Waals surface area contributed by atoms with E-state index in [4.69, 9.17) is 14.2 Å². The van der Waals surface area contributed by atoms with Gasteiger partial charge in [0.25, 0.3) is 0 Å². The van der Waals surface area contributed by atoms with Crippen LogP contribution in [0.5, 0.6) is 0 Å². The summed E-state index contributed by atoms with van der Waals surface area (Å²) in [6, 6.07) is 9.97. The van der Waals surface area contributed by atoms with Crippen molar-refractivity contribution < 1.29 is 14.2 Å². The number of rotatable bonds is 4. The van der Waals surface area contributed by atoms with Crippen molar-refractivity contribution in [2.24, 2.45) is 0 Å². The van der Waals surface area contributed by atoms with E-state index in [1.54, 1.807) is 0 Å². The summed E-state index contributed by atoms with van der Waals surface area (Å²) in [5, 5.41) is 0. The Morgan fingerprint density at radius 1 is 1.33 bits per heavy atom. The predicted octanol–water partition coefficient (Wildman–Crippen LogP) is 2.14. The van der Waals surface area contributed by atoms with Crippen molar-refractivity contribution in [2.75, 3.05) is 19.8 Å².